The predicted molar refractivity (Wildman–Crippen MR) is 62.3 cm³/mol. The Bertz CT molecular complexity index is 442. The van der Waals surface area contributed by atoms with Crippen LogP contribution in [0.15, 0.2) is 23.0 Å². The van der Waals surface area contributed by atoms with Crippen LogP contribution in [0, 0.1) is 5.92 Å². The molecule has 0 amide bonds. The van der Waals surface area contributed by atoms with E-state index in [4.69, 9.17) is 0 Å². The topological polar surface area (TPSA) is 34.0 Å². The van der Waals surface area contributed by atoms with Gasteiger partial charge in [0.2, 0.25) is 0 Å². The highest BCUT2D eigenvalue weighted by molar-refractivity contribution is 9.09. The molecule has 15 heavy (non-hydrogen) atoms. The van der Waals surface area contributed by atoms with Crippen molar-refractivity contribution in [3.63, 3.8) is 0 Å². The van der Waals surface area contributed by atoms with E-state index < -0.39 is 0 Å². The average molecular weight is 269 g/mol. The van der Waals surface area contributed by atoms with E-state index in [2.05, 4.69) is 27.3 Å². The molecule has 0 saturated carbocycles. The third kappa shape index (κ3) is 1.47. The second kappa shape index (κ2) is 3.46. The zero-order chi connectivity index (χ0) is 10.4. The summed E-state index contributed by atoms with van der Waals surface area (Å²) in [6, 6.07) is 5.59. The lowest BCUT2D eigenvalue weighted by atomic mass is 9.84. The maximum atomic E-state index is 11.7. The van der Waals surface area contributed by atoms with Crippen LogP contribution in [-0.2, 0) is 6.54 Å². The van der Waals surface area contributed by atoms with Crippen molar-refractivity contribution in [3.05, 3.63) is 34.2 Å². The molecule has 4 heteroatoms. The summed E-state index contributed by atoms with van der Waals surface area (Å²) in [6.07, 6.45) is 1.19. The van der Waals surface area contributed by atoms with Crippen molar-refractivity contribution in [3.8, 4) is 0 Å². The van der Waals surface area contributed by atoms with E-state index in [1.807, 2.05) is 10.6 Å². The van der Waals surface area contributed by atoms with Crippen molar-refractivity contribution in [1.82, 2.24) is 9.88 Å². The Morgan fingerprint density at radius 2 is 2.33 bits per heavy atom. The van der Waals surface area contributed by atoms with Crippen LogP contribution in [0.1, 0.15) is 18.0 Å². The quantitative estimate of drug-likeness (QED) is 0.568. The first-order chi connectivity index (χ1) is 7.25. The molecular formula is C11H13BrN2O. The lowest BCUT2D eigenvalue weighted by molar-refractivity contribution is 0.247. The third-order valence-electron chi connectivity index (χ3n) is 3.45. The Kier molecular flexibility index (Phi) is 2.21. The van der Waals surface area contributed by atoms with Crippen molar-refractivity contribution >= 4 is 15.9 Å². The van der Waals surface area contributed by atoms with Crippen molar-refractivity contribution in [1.29, 1.82) is 0 Å². The number of alkyl halides is 1. The van der Waals surface area contributed by atoms with Crippen LogP contribution in [0.4, 0.5) is 0 Å². The largest absolute Gasteiger partial charge is 0.312 e. The van der Waals surface area contributed by atoms with Gasteiger partial charge in [0.05, 0.1) is 4.95 Å². The van der Waals surface area contributed by atoms with Gasteiger partial charge in [0.15, 0.2) is 0 Å². The van der Waals surface area contributed by atoms with Crippen LogP contribution >= 0.6 is 15.9 Å². The number of nitrogens with one attached hydrogen (secondary N) is 1. The van der Waals surface area contributed by atoms with Crippen molar-refractivity contribution in [2.24, 2.45) is 5.92 Å². The Morgan fingerprint density at radius 3 is 3.20 bits per heavy atom. The molecule has 2 aliphatic rings. The van der Waals surface area contributed by atoms with E-state index in [1.54, 1.807) is 6.07 Å². The highest BCUT2D eigenvalue weighted by atomic mass is 79.9. The molecular weight excluding hydrogens is 256 g/mol. The Labute approximate surface area is 96.6 Å². The standard InChI is InChI=1S/C11H13BrN2O/c12-11-8-4-7(5-13-11)6-14-9(8)2-1-3-10(14)15/h1-3,7-8,11,13H,4-6H2/t7-,8-,11+/m1/s1. The van der Waals surface area contributed by atoms with Gasteiger partial charge in [-0.1, -0.05) is 22.0 Å². The van der Waals surface area contributed by atoms with Gasteiger partial charge in [-0.25, -0.2) is 0 Å². The molecule has 2 bridgehead atoms. The van der Waals surface area contributed by atoms with E-state index >= 15 is 0 Å². The van der Waals surface area contributed by atoms with Crippen LogP contribution in [0.5, 0.6) is 0 Å². The molecule has 1 fully saturated rings. The SMILES string of the molecule is O=c1cccc2n1C[C@H]1CN[C@H](Br)[C@@H]2C1. The van der Waals surface area contributed by atoms with Crippen molar-refractivity contribution in [2.75, 3.05) is 6.54 Å². The van der Waals surface area contributed by atoms with Gasteiger partial charge in [0.1, 0.15) is 0 Å². The van der Waals surface area contributed by atoms with Crippen LogP contribution in [0.25, 0.3) is 0 Å². The summed E-state index contributed by atoms with van der Waals surface area (Å²) >= 11 is 3.64. The van der Waals surface area contributed by atoms with Gasteiger partial charge < -0.3 is 9.88 Å². The molecule has 1 aromatic heterocycles. The molecule has 0 aromatic carbocycles. The number of hydrogen-bond donors (Lipinski definition) is 1. The van der Waals surface area contributed by atoms with Crippen LogP contribution in [0.2, 0.25) is 0 Å². The van der Waals surface area contributed by atoms with Crippen molar-refractivity contribution in [2.45, 2.75) is 23.8 Å². The summed E-state index contributed by atoms with van der Waals surface area (Å²) < 4.78 is 1.94. The first-order valence-corrected chi connectivity index (χ1v) is 6.24. The number of pyridine rings is 1. The zero-order valence-corrected chi connectivity index (χ0v) is 9.90. The Hall–Kier alpha value is -0.610. The monoisotopic (exact) mass is 268 g/mol. The number of piperidine rings is 1. The van der Waals surface area contributed by atoms with E-state index in [0.717, 1.165) is 13.1 Å². The van der Waals surface area contributed by atoms with Crippen LogP contribution < -0.4 is 10.9 Å². The molecule has 0 spiro atoms. The van der Waals surface area contributed by atoms with Crippen LogP contribution in [0.3, 0.4) is 0 Å². The predicted octanol–water partition coefficient (Wildman–Crippen LogP) is 1.28. The van der Waals surface area contributed by atoms with E-state index in [1.165, 1.54) is 12.1 Å². The van der Waals surface area contributed by atoms with Crippen LogP contribution in [-0.4, -0.2) is 16.1 Å². The number of hydrogen-bond acceptors (Lipinski definition) is 2. The summed E-state index contributed by atoms with van der Waals surface area (Å²) in [5.74, 6) is 1.04. The number of aromatic nitrogens is 1. The van der Waals surface area contributed by atoms with Crippen molar-refractivity contribution < 1.29 is 0 Å². The highest BCUT2D eigenvalue weighted by Gasteiger charge is 2.35. The van der Waals surface area contributed by atoms with Gasteiger partial charge in [0, 0.05) is 30.8 Å². The molecule has 1 aromatic rings. The fraction of sp³-hybridized carbons (Fsp3) is 0.545. The number of fused-ring (bicyclic) bond motifs is 4. The maximum absolute atomic E-state index is 11.7. The zero-order valence-electron chi connectivity index (χ0n) is 8.32. The number of halogens is 1. The Balaban J connectivity index is 2.14. The first-order valence-electron chi connectivity index (χ1n) is 5.33. The smallest absolute Gasteiger partial charge is 0.250 e. The minimum Gasteiger partial charge on any atom is -0.312 e. The lowest BCUT2D eigenvalue weighted by Crippen LogP contribution is -2.48. The fourth-order valence-corrected chi connectivity index (χ4v) is 3.38. The lowest BCUT2D eigenvalue weighted by Gasteiger charge is -2.40. The van der Waals surface area contributed by atoms with Gasteiger partial charge >= 0.3 is 0 Å². The summed E-state index contributed by atoms with van der Waals surface area (Å²) in [6.45, 7) is 1.88. The summed E-state index contributed by atoms with van der Waals surface area (Å²) in [5, 5.41) is 3.45. The molecule has 0 radical (unpaired) electrons. The summed E-state index contributed by atoms with van der Waals surface area (Å²) in [4.78, 5) is 12.0. The molecule has 0 aliphatic carbocycles. The maximum Gasteiger partial charge on any atom is 0.250 e. The normalized spacial score (nSPS) is 33.5. The molecule has 80 valence electrons. The second-order valence-electron chi connectivity index (χ2n) is 4.42. The second-order valence-corrected chi connectivity index (χ2v) is 5.40. The molecule has 3 heterocycles. The molecule has 3 atom stereocenters. The molecule has 3 nitrogen and oxygen atoms in total. The van der Waals surface area contributed by atoms with E-state index in [-0.39, 0.29) is 5.56 Å². The molecule has 3 rings (SSSR count). The minimum absolute atomic E-state index is 0.142. The molecule has 1 N–H and O–H groups in total. The number of nitrogens with zero attached hydrogens (tertiary/aromatic N) is 1. The first kappa shape index (κ1) is 9.60. The van der Waals surface area contributed by atoms with E-state index in [9.17, 15) is 4.79 Å². The third-order valence-corrected chi connectivity index (χ3v) is 4.41. The molecule has 0 unspecified atom stereocenters. The molecule has 2 aliphatic heterocycles. The molecule has 1 saturated heterocycles. The van der Waals surface area contributed by atoms with Gasteiger partial charge in [-0.2, -0.15) is 0 Å². The fourth-order valence-electron chi connectivity index (χ4n) is 2.71. The van der Waals surface area contributed by atoms with Gasteiger partial charge in [0.25, 0.3) is 5.56 Å². The minimum atomic E-state index is 0.142. The highest BCUT2D eigenvalue weighted by Crippen LogP contribution is 2.37. The van der Waals surface area contributed by atoms with Gasteiger partial charge in [-0.15, -0.1) is 0 Å². The summed E-state index contributed by atoms with van der Waals surface area (Å²) in [7, 11) is 0. The Morgan fingerprint density at radius 1 is 1.47 bits per heavy atom. The average Bonchev–Trinajstić information content (AvgIpc) is 2.25. The van der Waals surface area contributed by atoms with Gasteiger partial charge in [-0.05, 0) is 18.4 Å². The van der Waals surface area contributed by atoms with E-state index in [0.29, 0.717) is 16.8 Å². The van der Waals surface area contributed by atoms with Gasteiger partial charge in [-0.3, -0.25) is 4.79 Å². The summed E-state index contributed by atoms with van der Waals surface area (Å²) in [5.41, 5.74) is 1.32. The number of rotatable bonds is 0.